The molecule has 3 aliphatic heterocycles. The van der Waals surface area contributed by atoms with Crippen LogP contribution in [0.25, 0.3) is 0 Å². The molecule has 1 atom stereocenters. The number of piperidine rings is 1. The summed E-state index contributed by atoms with van der Waals surface area (Å²) in [6.07, 6.45) is 2.30. The summed E-state index contributed by atoms with van der Waals surface area (Å²) < 4.78 is 7.30. The molecule has 0 radical (unpaired) electrons. The molecule has 1 saturated heterocycles. The van der Waals surface area contributed by atoms with E-state index in [0.29, 0.717) is 19.4 Å². The molecule has 1 aromatic heterocycles. The van der Waals surface area contributed by atoms with Gasteiger partial charge in [-0.1, -0.05) is 0 Å². The number of ether oxygens (including phenoxy) is 1. The van der Waals surface area contributed by atoms with Crippen molar-refractivity contribution < 1.29 is 14.3 Å². The van der Waals surface area contributed by atoms with Gasteiger partial charge in [0.05, 0.1) is 6.04 Å². The average Bonchev–Trinajstić information content (AvgIpc) is 3.01. The minimum absolute atomic E-state index is 0.0155. The smallest absolute Gasteiger partial charge is 0.407 e. The molecular weight excluding hydrogens is 372 g/mol. The number of carbonyl (C=O) groups excluding carboxylic acids is 2. The summed E-state index contributed by atoms with van der Waals surface area (Å²) in [6.45, 7) is 8.68. The first-order chi connectivity index (χ1) is 13.7. The standard InChI is InChI=1S/C21H30N4O4/c1-21(2,3)22-20(28)29-16-8-10-23(11-9-16)12-15-13-24-17(26)6-4-14-5-7-18(27)25(15)19(14)24/h4,6,15-16H,5,7-13H2,1-3H3,(H,22,28). The molecule has 4 heterocycles. The molecule has 0 aromatic carbocycles. The van der Waals surface area contributed by atoms with Gasteiger partial charge in [-0.2, -0.15) is 0 Å². The monoisotopic (exact) mass is 402 g/mol. The Kier molecular flexibility index (Phi) is 5.14. The van der Waals surface area contributed by atoms with E-state index in [1.807, 2.05) is 31.7 Å². The fourth-order valence-corrected chi connectivity index (χ4v) is 4.55. The van der Waals surface area contributed by atoms with Gasteiger partial charge in [0.15, 0.2) is 0 Å². The molecular formula is C21H30N4O4. The van der Waals surface area contributed by atoms with Crippen molar-refractivity contribution in [2.24, 2.45) is 0 Å². The molecule has 158 valence electrons. The van der Waals surface area contributed by atoms with Crippen molar-refractivity contribution in [3.8, 4) is 0 Å². The lowest BCUT2D eigenvalue weighted by Gasteiger charge is -2.36. The van der Waals surface area contributed by atoms with Crippen molar-refractivity contribution in [2.45, 2.75) is 70.7 Å². The highest BCUT2D eigenvalue weighted by atomic mass is 16.6. The number of hydrogen-bond donors (Lipinski definition) is 1. The number of aryl methyl sites for hydroxylation is 1. The number of aromatic nitrogens is 1. The summed E-state index contributed by atoms with van der Waals surface area (Å²) in [5, 5.41) is 2.83. The van der Waals surface area contributed by atoms with E-state index in [2.05, 4.69) is 10.2 Å². The zero-order valence-electron chi connectivity index (χ0n) is 17.4. The van der Waals surface area contributed by atoms with Gasteiger partial charge in [0.25, 0.3) is 5.56 Å². The average molecular weight is 402 g/mol. The Bertz CT molecular complexity index is 864. The molecule has 29 heavy (non-hydrogen) atoms. The molecule has 0 spiro atoms. The zero-order chi connectivity index (χ0) is 20.8. The SMILES string of the molecule is CC(C)(C)NC(=O)OC1CCN(CC2Cn3c4c(ccc3=O)CCC(=O)N42)CC1. The molecule has 4 rings (SSSR count). The number of anilines is 1. The number of amides is 2. The van der Waals surface area contributed by atoms with Gasteiger partial charge >= 0.3 is 6.09 Å². The fraction of sp³-hybridized carbons (Fsp3) is 0.667. The van der Waals surface area contributed by atoms with Crippen molar-refractivity contribution in [2.75, 3.05) is 24.5 Å². The van der Waals surface area contributed by atoms with Crippen LogP contribution >= 0.6 is 0 Å². The molecule has 1 unspecified atom stereocenters. The number of carbonyl (C=O) groups is 2. The molecule has 3 aliphatic rings. The Labute approximate surface area is 170 Å². The Morgan fingerprint density at radius 1 is 1.17 bits per heavy atom. The Morgan fingerprint density at radius 3 is 2.59 bits per heavy atom. The third-order valence-electron chi connectivity index (χ3n) is 5.85. The fourth-order valence-electron chi connectivity index (χ4n) is 4.55. The lowest BCUT2D eigenvalue weighted by Crippen LogP contribution is -2.49. The van der Waals surface area contributed by atoms with Gasteiger partial charge < -0.3 is 15.0 Å². The lowest BCUT2D eigenvalue weighted by atomic mass is 10.0. The van der Waals surface area contributed by atoms with Crippen LogP contribution in [0.1, 0.15) is 45.6 Å². The first kappa shape index (κ1) is 19.9. The molecule has 2 amide bonds. The van der Waals surface area contributed by atoms with Crippen molar-refractivity contribution in [3.05, 3.63) is 28.0 Å². The molecule has 0 saturated carbocycles. The second-order valence-electron chi connectivity index (χ2n) is 9.33. The predicted molar refractivity (Wildman–Crippen MR) is 109 cm³/mol. The Morgan fingerprint density at radius 2 is 1.90 bits per heavy atom. The largest absolute Gasteiger partial charge is 0.446 e. The number of hydrogen-bond acceptors (Lipinski definition) is 5. The van der Waals surface area contributed by atoms with Crippen LogP contribution in [0.2, 0.25) is 0 Å². The van der Waals surface area contributed by atoms with E-state index in [1.165, 1.54) is 0 Å². The highest BCUT2D eigenvalue weighted by Gasteiger charge is 2.40. The third-order valence-corrected chi connectivity index (χ3v) is 5.85. The highest BCUT2D eigenvalue weighted by molar-refractivity contribution is 5.96. The maximum atomic E-state index is 12.6. The Balaban J connectivity index is 1.35. The molecule has 8 nitrogen and oxygen atoms in total. The van der Waals surface area contributed by atoms with Crippen molar-refractivity contribution in [3.63, 3.8) is 0 Å². The summed E-state index contributed by atoms with van der Waals surface area (Å²) >= 11 is 0. The molecule has 1 aromatic rings. The molecule has 8 heteroatoms. The van der Waals surface area contributed by atoms with E-state index < -0.39 is 0 Å². The minimum Gasteiger partial charge on any atom is -0.446 e. The van der Waals surface area contributed by atoms with Crippen LogP contribution in [-0.4, -0.2) is 58.8 Å². The first-order valence-electron chi connectivity index (χ1n) is 10.5. The lowest BCUT2D eigenvalue weighted by molar-refractivity contribution is -0.119. The van der Waals surface area contributed by atoms with Crippen molar-refractivity contribution >= 4 is 17.8 Å². The maximum Gasteiger partial charge on any atom is 0.407 e. The quantitative estimate of drug-likeness (QED) is 0.828. The van der Waals surface area contributed by atoms with Crippen LogP contribution in [-0.2, 0) is 22.5 Å². The van der Waals surface area contributed by atoms with Gasteiger partial charge in [-0.3, -0.25) is 19.1 Å². The summed E-state index contributed by atoms with van der Waals surface area (Å²) in [5.74, 6) is 0.909. The van der Waals surface area contributed by atoms with Crippen LogP contribution in [0.4, 0.5) is 10.6 Å². The molecule has 0 aliphatic carbocycles. The van der Waals surface area contributed by atoms with E-state index in [1.54, 1.807) is 10.6 Å². The van der Waals surface area contributed by atoms with E-state index >= 15 is 0 Å². The van der Waals surface area contributed by atoms with Crippen LogP contribution in [0.5, 0.6) is 0 Å². The Hall–Kier alpha value is -2.35. The van der Waals surface area contributed by atoms with Gasteiger partial charge in [0.1, 0.15) is 11.9 Å². The number of pyridine rings is 1. The minimum atomic E-state index is -0.368. The second kappa shape index (κ2) is 7.48. The number of nitrogens with zero attached hydrogens (tertiary/aromatic N) is 3. The van der Waals surface area contributed by atoms with Gasteiger partial charge in [-0.05, 0) is 51.7 Å². The molecule has 1 fully saturated rings. The van der Waals surface area contributed by atoms with E-state index in [9.17, 15) is 14.4 Å². The van der Waals surface area contributed by atoms with Gasteiger partial charge in [-0.15, -0.1) is 0 Å². The zero-order valence-corrected chi connectivity index (χ0v) is 17.4. The van der Waals surface area contributed by atoms with Crippen LogP contribution in [0, 0.1) is 0 Å². The van der Waals surface area contributed by atoms with Crippen molar-refractivity contribution in [1.82, 2.24) is 14.8 Å². The van der Waals surface area contributed by atoms with Crippen LogP contribution in [0.15, 0.2) is 16.9 Å². The van der Waals surface area contributed by atoms with Crippen LogP contribution < -0.4 is 15.8 Å². The number of likely N-dealkylation sites (tertiary alicyclic amines) is 1. The topological polar surface area (TPSA) is 83.9 Å². The number of nitrogens with one attached hydrogen (secondary N) is 1. The molecule has 1 N–H and O–H groups in total. The normalized spacial score (nSPS) is 22.5. The van der Waals surface area contributed by atoms with E-state index in [4.69, 9.17) is 4.74 Å². The first-order valence-corrected chi connectivity index (χ1v) is 10.5. The summed E-state index contributed by atoms with van der Waals surface area (Å²) in [5.41, 5.74) is 0.735. The molecule has 0 bridgehead atoms. The summed E-state index contributed by atoms with van der Waals surface area (Å²) in [7, 11) is 0. The van der Waals surface area contributed by atoms with Gasteiger partial charge in [-0.25, -0.2) is 4.79 Å². The van der Waals surface area contributed by atoms with Crippen molar-refractivity contribution in [1.29, 1.82) is 0 Å². The number of alkyl carbamates (subject to hydrolysis) is 1. The van der Waals surface area contributed by atoms with Crippen LogP contribution in [0.3, 0.4) is 0 Å². The van der Waals surface area contributed by atoms with Gasteiger partial charge in [0, 0.05) is 44.2 Å². The number of rotatable bonds is 3. The van der Waals surface area contributed by atoms with Gasteiger partial charge in [0.2, 0.25) is 5.91 Å². The highest BCUT2D eigenvalue weighted by Crippen LogP contribution is 2.34. The summed E-state index contributed by atoms with van der Waals surface area (Å²) in [6, 6.07) is 3.46. The van der Waals surface area contributed by atoms with E-state index in [-0.39, 0.29) is 35.2 Å². The third kappa shape index (κ3) is 4.17. The predicted octanol–water partition coefficient (Wildman–Crippen LogP) is 1.50. The second-order valence-corrected chi connectivity index (χ2v) is 9.33. The maximum absolute atomic E-state index is 12.6. The van der Waals surface area contributed by atoms with E-state index in [0.717, 1.165) is 43.9 Å². The summed E-state index contributed by atoms with van der Waals surface area (Å²) in [4.78, 5) is 41.0.